The molecule has 0 fully saturated rings. The lowest BCUT2D eigenvalue weighted by Gasteiger charge is -2.21. The molecule has 2 unspecified atom stereocenters. The van der Waals surface area contributed by atoms with Crippen LogP contribution in [0.2, 0.25) is 0 Å². The third-order valence-electron chi connectivity index (χ3n) is 4.12. The molecule has 0 aromatic rings. The van der Waals surface area contributed by atoms with E-state index in [0.29, 0.717) is 12.8 Å². The van der Waals surface area contributed by atoms with E-state index < -0.39 is 22.6 Å². The molecule has 0 saturated heterocycles. The average molecular weight is 353 g/mol. The Hall–Kier alpha value is -0.170. The molecular formula is C17H36O5S. The van der Waals surface area contributed by atoms with Gasteiger partial charge in [0, 0.05) is 0 Å². The molecule has 0 bridgehead atoms. The number of hydrogen-bond donors (Lipinski definition) is 2. The molecule has 0 aliphatic heterocycles. The molecule has 0 aromatic heterocycles. The second-order valence-corrected chi connectivity index (χ2v) is 7.44. The van der Waals surface area contributed by atoms with Crippen LogP contribution < -0.4 is 0 Å². The summed E-state index contributed by atoms with van der Waals surface area (Å²) in [5.74, 6) is 0. The summed E-state index contributed by atoms with van der Waals surface area (Å²) < 4.78 is 35.5. The third kappa shape index (κ3) is 15.1. The Labute approximate surface area is 142 Å². The lowest BCUT2D eigenvalue weighted by Crippen LogP contribution is -2.31. The smallest absolute Gasteiger partial charge is 0.390 e. The Morgan fingerprint density at radius 1 is 0.783 bits per heavy atom. The summed E-state index contributed by atoms with van der Waals surface area (Å²) >= 11 is 0. The van der Waals surface area contributed by atoms with E-state index in [2.05, 4.69) is 18.0 Å². The van der Waals surface area contributed by atoms with E-state index in [9.17, 15) is 13.5 Å². The molecule has 23 heavy (non-hydrogen) atoms. The van der Waals surface area contributed by atoms with Gasteiger partial charge < -0.3 is 5.11 Å². The number of aliphatic hydroxyl groups excluding tert-OH is 1. The number of hydrogen-bond acceptors (Lipinski definition) is 4. The summed E-state index contributed by atoms with van der Waals surface area (Å²) in [6, 6.07) is 0. The molecule has 2 atom stereocenters. The van der Waals surface area contributed by atoms with Crippen LogP contribution in [0.5, 0.6) is 0 Å². The van der Waals surface area contributed by atoms with Gasteiger partial charge in [-0.3, -0.25) is 4.55 Å². The highest BCUT2D eigenvalue weighted by Crippen LogP contribution is 2.18. The molecule has 0 aliphatic rings. The van der Waals surface area contributed by atoms with Crippen LogP contribution in [-0.4, -0.2) is 30.3 Å². The third-order valence-corrected chi connectivity index (χ3v) is 4.61. The van der Waals surface area contributed by atoms with Gasteiger partial charge in [-0.1, -0.05) is 84.5 Å². The number of aliphatic hydroxyl groups is 1. The minimum Gasteiger partial charge on any atom is -0.390 e. The minimum atomic E-state index is -4.52. The molecule has 2 N–H and O–H groups in total. The first-order valence-electron chi connectivity index (χ1n) is 9.24. The predicted octanol–water partition coefficient (Wildman–Crippen LogP) is 4.65. The van der Waals surface area contributed by atoms with Crippen molar-refractivity contribution in [1.82, 2.24) is 0 Å². The average Bonchev–Trinajstić information content (AvgIpc) is 2.48. The molecule has 0 aromatic carbocycles. The normalized spacial score (nSPS) is 14.8. The topological polar surface area (TPSA) is 83.8 Å². The van der Waals surface area contributed by atoms with Crippen LogP contribution in [0.3, 0.4) is 0 Å². The van der Waals surface area contributed by atoms with E-state index in [-0.39, 0.29) is 0 Å². The Bertz CT molecular complexity index is 356. The van der Waals surface area contributed by atoms with Crippen molar-refractivity contribution in [2.75, 3.05) is 0 Å². The SMILES string of the molecule is CCCCCCCCCC(OS(=O)(=O)O)C(O)CCCCCC. The summed E-state index contributed by atoms with van der Waals surface area (Å²) in [6.45, 7) is 4.29. The zero-order valence-corrected chi connectivity index (χ0v) is 15.7. The van der Waals surface area contributed by atoms with Crippen molar-refractivity contribution in [2.45, 2.75) is 110 Å². The van der Waals surface area contributed by atoms with Gasteiger partial charge in [0.15, 0.2) is 0 Å². The number of unbranched alkanes of at least 4 members (excludes halogenated alkanes) is 9. The van der Waals surface area contributed by atoms with Crippen LogP contribution in [0, 0.1) is 0 Å². The highest BCUT2D eigenvalue weighted by molar-refractivity contribution is 7.80. The number of rotatable bonds is 16. The van der Waals surface area contributed by atoms with Crippen molar-refractivity contribution in [3.63, 3.8) is 0 Å². The maximum atomic E-state index is 11.0. The highest BCUT2D eigenvalue weighted by atomic mass is 32.3. The summed E-state index contributed by atoms with van der Waals surface area (Å²) in [5, 5.41) is 10.1. The Balaban J connectivity index is 4.08. The molecule has 6 heteroatoms. The highest BCUT2D eigenvalue weighted by Gasteiger charge is 2.24. The van der Waals surface area contributed by atoms with E-state index in [0.717, 1.165) is 44.9 Å². The quantitative estimate of drug-likeness (QED) is 0.312. The Morgan fingerprint density at radius 3 is 1.74 bits per heavy atom. The second kappa shape index (κ2) is 14.2. The van der Waals surface area contributed by atoms with Crippen molar-refractivity contribution in [1.29, 1.82) is 0 Å². The van der Waals surface area contributed by atoms with Gasteiger partial charge >= 0.3 is 10.4 Å². The van der Waals surface area contributed by atoms with Crippen molar-refractivity contribution < 1.29 is 22.3 Å². The maximum absolute atomic E-state index is 11.0. The van der Waals surface area contributed by atoms with Gasteiger partial charge in [0.1, 0.15) is 6.10 Å². The molecular weight excluding hydrogens is 316 g/mol. The fourth-order valence-corrected chi connectivity index (χ4v) is 3.27. The molecule has 5 nitrogen and oxygen atoms in total. The monoisotopic (exact) mass is 352 g/mol. The molecule has 0 aliphatic carbocycles. The first kappa shape index (κ1) is 22.8. The van der Waals surface area contributed by atoms with Gasteiger partial charge in [0.05, 0.1) is 6.10 Å². The largest absolute Gasteiger partial charge is 0.397 e. The van der Waals surface area contributed by atoms with Crippen molar-refractivity contribution in [2.24, 2.45) is 0 Å². The van der Waals surface area contributed by atoms with Crippen LogP contribution in [0.15, 0.2) is 0 Å². The van der Waals surface area contributed by atoms with Crippen LogP contribution >= 0.6 is 0 Å². The van der Waals surface area contributed by atoms with Gasteiger partial charge in [-0.25, -0.2) is 4.18 Å². The van der Waals surface area contributed by atoms with E-state index >= 15 is 0 Å². The van der Waals surface area contributed by atoms with E-state index in [4.69, 9.17) is 4.55 Å². The summed E-state index contributed by atoms with van der Waals surface area (Å²) in [6.07, 6.45) is 11.2. The molecule has 0 spiro atoms. The zero-order chi connectivity index (χ0) is 17.6. The van der Waals surface area contributed by atoms with Gasteiger partial charge in [-0.05, 0) is 12.8 Å². The van der Waals surface area contributed by atoms with E-state index in [1.165, 1.54) is 25.7 Å². The second-order valence-electron chi connectivity index (χ2n) is 6.39. The molecule has 0 radical (unpaired) electrons. The summed E-state index contributed by atoms with van der Waals surface area (Å²) in [4.78, 5) is 0. The predicted molar refractivity (Wildman–Crippen MR) is 93.8 cm³/mol. The van der Waals surface area contributed by atoms with Gasteiger partial charge in [-0.15, -0.1) is 0 Å². The molecule has 0 amide bonds. The summed E-state index contributed by atoms with van der Waals surface area (Å²) in [7, 11) is -4.52. The van der Waals surface area contributed by atoms with Gasteiger partial charge in [-0.2, -0.15) is 8.42 Å². The Kier molecular flexibility index (Phi) is 14.1. The van der Waals surface area contributed by atoms with E-state index in [1.54, 1.807) is 0 Å². The molecule has 0 saturated carbocycles. The summed E-state index contributed by atoms with van der Waals surface area (Å²) in [5.41, 5.74) is 0. The van der Waals surface area contributed by atoms with Crippen LogP contribution in [-0.2, 0) is 14.6 Å². The van der Waals surface area contributed by atoms with Gasteiger partial charge in [0.2, 0.25) is 0 Å². The molecule has 140 valence electrons. The molecule has 0 heterocycles. The van der Waals surface area contributed by atoms with Crippen LogP contribution in [0.25, 0.3) is 0 Å². The van der Waals surface area contributed by atoms with Crippen molar-refractivity contribution in [3.05, 3.63) is 0 Å². The zero-order valence-electron chi connectivity index (χ0n) is 14.9. The van der Waals surface area contributed by atoms with Crippen molar-refractivity contribution in [3.8, 4) is 0 Å². The standard InChI is InChI=1S/C17H36O5S/c1-3-5-7-9-10-11-13-15-17(22-23(19,20)21)16(18)14-12-8-6-4-2/h16-18H,3-15H2,1-2H3,(H,19,20,21). The lowest BCUT2D eigenvalue weighted by atomic mass is 10.00. The maximum Gasteiger partial charge on any atom is 0.397 e. The fraction of sp³-hybridized carbons (Fsp3) is 1.00. The van der Waals surface area contributed by atoms with Gasteiger partial charge in [0.25, 0.3) is 0 Å². The van der Waals surface area contributed by atoms with E-state index in [1.807, 2.05) is 0 Å². The Morgan fingerprint density at radius 2 is 1.22 bits per heavy atom. The fourth-order valence-electron chi connectivity index (χ4n) is 2.73. The minimum absolute atomic E-state index is 0.461. The first-order valence-corrected chi connectivity index (χ1v) is 10.6. The van der Waals surface area contributed by atoms with Crippen LogP contribution in [0.1, 0.15) is 97.3 Å². The molecule has 0 rings (SSSR count). The van der Waals surface area contributed by atoms with Crippen LogP contribution in [0.4, 0.5) is 0 Å². The first-order chi connectivity index (χ1) is 10.9. The van der Waals surface area contributed by atoms with Crippen molar-refractivity contribution >= 4 is 10.4 Å². The lowest BCUT2D eigenvalue weighted by molar-refractivity contribution is 0.0202.